The maximum absolute atomic E-state index is 12.9. The first-order chi connectivity index (χ1) is 15.4. The molecule has 0 saturated carbocycles. The largest absolute Gasteiger partial charge is 0.346 e. The summed E-state index contributed by atoms with van der Waals surface area (Å²) in [6.07, 6.45) is 0. The van der Waals surface area contributed by atoms with Crippen LogP contribution < -0.4 is 10.0 Å². The highest BCUT2D eigenvalue weighted by atomic mass is 35.5. The van der Waals surface area contributed by atoms with Gasteiger partial charge in [0.05, 0.1) is 11.1 Å². The molecule has 3 aromatic rings. The van der Waals surface area contributed by atoms with Gasteiger partial charge in [0.15, 0.2) is 0 Å². The molecule has 0 bridgehead atoms. The van der Waals surface area contributed by atoms with Gasteiger partial charge in [-0.3, -0.25) is 9.52 Å². The predicted octanol–water partition coefficient (Wildman–Crippen LogP) is 6.24. The minimum Gasteiger partial charge on any atom is -0.346 e. The van der Waals surface area contributed by atoms with Gasteiger partial charge in [-0.2, -0.15) is 0 Å². The van der Waals surface area contributed by atoms with E-state index >= 15 is 0 Å². The van der Waals surface area contributed by atoms with Crippen LogP contribution in [0, 0.1) is 6.92 Å². The SMILES string of the molecule is Cc1cccc(NS(=O)(=O)c2cc(C(=O)NC(C)c3ccc(C(C)(C)C)cc3)ccc2Cl)c1. The molecule has 1 amide bonds. The molecule has 1 unspecified atom stereocenters. The normalized spacial score (nSPS) is 12.8. The van der Waals surface area contributed by atoms with Gasteiger partial charge < -0.3 is 5.32 Å². The Labute approximate surface area is 201 Å². The molecule has 2 N–H and O–H groups in total. The summed E-state index contributed by atoms with van der Waals surface area (Å²) >= 11 is 6.19. The van der Waals surface area contributed by atoms with Crippen molar-refractivity contribution in [3.8, 4) is 0 Å². The highest BCUT2D eigenvalue weighted by Crippen LogP contribution is 2.27. The number of aryl methyl sites for hydroxylation is 1. The van der Waals surface area contributed by atoms with Gasteiger partial charge in [0.25, 0.3) is 15.9 Å². The van der Waals surface area contributed by atoms with E-state index in [1.165, 1.54) is 23.8 Å². The van der Waals surface area contributed by atoms with Crippen LogP contribution in [0.4, 0.5) is 5.69 Å². The second kappa shape index (κ2) is 9.57. The molecule has 0 spiro atoms. The van der Waals surface area contributed by atoms with Crippen LogP contribution in [-0.4, -0.2) is 14.3 Å². The number of hydrogen-bond acceptors (Lipinski definition) is 3. The standard InChI is InChI=1S/C26H29ClN2O3S/c1-17-7-6-8-22(15-17)29-33(31,32)24-16-20(11-14-23(24)27)25(30)28-18(2)19-9-12-21(13-10-19)26(3,4)5/h6-16,18,29H,1-5H3,(H,28,30). The lowest BCUT2D eigenvalue weighted by Crippen LogP contribution is -2.27. The first-order valence-corrected chi connectivity index (χ1v) is 12.5. The molecule has 7 heteroatoms. The minimum absolute atomic E-state index is 0.0394. The van der Waals surface area contributed by atoms with Gasteiger partial charge in [0.2, 0.25) is 0 Å². The van der Waals surface area contributed by atoms with Crippen LogP contribution in [0.15, 0.2) is 71.6 Å². The van der Waals surface area contributed by atoms with Crippen molar-refractivity contribution in [3.63, 3.8) is 0 Å². The van der Waals surface area contributed by atoms with Crippen molar-refractivity contribution in [2.75, 3.05) is 4.72 Å². The number of nitrogens with one attached hydrogen (secondary N) is 2. The molecule has 0 fully saturated rings. The Morgan fingerprint density at radius 2 is 1.64 bits per heavy atom. The van der Waals surface area contributed by atoms with E-state index in [0.717, 1.165) is 11.1 Å². The number of sulfonamides is 1. The van der Waals surface area contributed by atoms with E-state index < -0.39 is 10.0 Å². The Morgan fingerprint density at radius 1 is 0.970 bits per heavy atom. The predicted molar refractivity (Wildman–Crippen MR) is 134 cm³/mol. The molecule has 0 aliphatic carbocycles. The fourth-order valence-electron chi connectivity index (χ4n) is 3.40. The lowest BCUT2D eigenvalue weighted by molar-refractivity contribution is 0.0939. The van der Waals surface area contributed by atoms with Gasteiger partial charge >= 0.3 is 0 Å². The van der Waals surface area contributed by atoms with Gasteiger partial charge in [0, 0.05) is 11.3 Å². The maximum atomic E-state index is 12.9. The molecule has 0 aliphatic rings. The molecule has 3 rings (SSSR count). The van der Waals surface area contributed by atoms with Crippen molar-refractivity contribution in [3.05, 3.63) is 94.0 Å². The van der Waals surface area contributed by atoms with E-state index in [4.69, 9.17) is 11.6 Å². The van der Waals surface area contributed by atoms with Crippen molar-refractivity contribution in [1.29, 1.82) is 0 Å². The number of carbonyl (C=O) groups excluding carboxylic acids is 1. The molecule has 33 heavy (non-hydrogen) atoms. The number of amides is 1. The van der Waals surface area contributed by atoms with Crippen molar-refractivity contribution >= 4 is 33.2 Å². The molecule has 0 aromatic heterocycles. The molecule has 0 radical (unpaired) electrons. The van der Waals surface area contributed by atoms with E-state index in [-0.39, 0.29) is 32.8 Å². The number of benzene rings is 3. The van der Waals surface area contributed by atoms with E-state index in [9.17, 15) is 13.2 Å². The average molecular weight is 485 g/mol. The summed E-state index contributed by atoms with van der Waals surface area (Å²) in [5, 5.41) is 2.97. The molecule has 0 aliphatic heterocycles. The van der Waals surface area contributed by atoms with Crippen LogP contribution in [0.2, 0.25) is 5.02 Å². The third-order valence-corrected chi connectivity index (χ3v) is 7.24. The zero-order valence-corrected chi connectivity index (χ0v) is 21.0. The summed E-state index contributed by atoms with van der Waals surface area (Å²) < 4.78 is 28.4. The summed E-state index contributed by atoms with van der Waals surface area (Å²) in [6, 6.07) is 19.1. The molecule has 0 heterocycles. The lowest BCUT2D eigenvalue weighted by Gasteiger charge is -2.21. The molecular weight excluding hydrogens is 456 g/mol. The quantitative estimate of drug-likeness (QED) is 0.435. The number of rotatable bonds is 6. The van der Waals surface area contributed by atoms with Crippen LogP contribution in [0.3, 0.4) is 0 Å². The summed E-state index contributed by atoms with van der Waals surface area (Å²) in [6.45, 7) is 10.2. The average Bonchev–Trinajstić information content (AvgIpc) is 2.73. The van der Waals surface area contributed by atoms with E-state index in [1.54, 1.807) is 18.2 Å². The molecule has 174 valence electrons. The Bertz CT molecular complexity index is 1260. The molecule has 0 saturated heterocycles. The van der Waals surface area contributed by atoms with Gasteiger partial charge in [-0.25, -0.2) is 8.42 Å². The number of carbonyl (C=O) groups is 1. The summed E-state index contributed by atoms with van der Waals surface area (Å²) in [5.74, 6) is -0.383. The Balaban J connectivity index is 1.80. The van der Waals surface area contributed by atoms with Gasteiger partial charge in [-0.1, -0.05) is 68.8 Å². The van der Waals surface area contributed by atoms with Gasteiger partial charge in [-0.05, 0) is 66.3 Å². The molecule has 1 atom stereocenters. The number of anilines is 1. The highest BCUT2D eigenvalue weighted by molar-refractivity contribution is 7.92. The molecule has 3 aromatic carbocycles. The van der Waals surface area contributed by atoms with Crippen LogP contribution in [-0.2, 0) is 15.4 Å². The second-order valence-corrected chi connectivity index (χ2v) is 11.2. The van der Waals surface area contributed by atoms with Gasteiger partial charge in [0.1, 0.15) is 4.90 Å². The Morgan fingerprint density at radius 3 is 2.24 bits per heavy atom. The third-order valence-electron chi connectivity index (χ3n) is 5.38. The zero-order valence-electron chi connectivity index (χ0n) is 19.4. The minimum atomic E-state index is -3.98. The van der Waals surface area contributed by atoms with E-state index in [0.29, 0.717) is 5.69 Å². The number of halogens is 1. The lowest BCUT2D eigenvalue weighted by atomic mass is 9.86. The van der Waals surface area contributed by atoms with Gasteiger partial charge in [-0.15, -0.1) is 0 Å². The first-order valence-electron chi connectivity index (χ1n) is 10.7. The first kappa shape index (κ1) is 24.8. The second-order valence-electron chi connectivity index (χ2n) is 9.19. The summed E-state index contributed by atoms with van der Waals surface area (Å²) in [7, 11) is -3.98. The third kappa shape index (κ3) is 6.15. The van der Waals surface area contributed by atoms with Crippen molar-refractivity contribution < 1.29 is 13.2 Å². The van der Waals surface area contributed by atoms with Crippen LogP contribution in [0.25, 0.3) is 0 Å². The van der Waals surface area contributed by atoms with Crippen LogP contribution in [0.5, 0.6) is 0 Å². The fourth-order valence-corrected chi connectivity index (χ4v) is 4.98. The Hall–Kier alpha value is -2.83. The Kier molecular flexibility index (Phi) is 7.20. The highest BCUT2D eigenvalue weighted by Gasteiger charge is 2.21. The summed E-state index contributed by atoms with van der Waals surface area (Å²) in [4.78, 5) is 12.7. The molecular formula is C26H29ClN2O3S. The van der Waals surface area contributed by atoms with Crippen LogP contribution in [0.1, 0.15) is 60.8 Å². The molecule has 5 nitrogen and oxygen atoms in total. The van der Waals surface area contributed by atoms with Crippen molar-refractivity contribution in [1.82, 2.24) is 5.32 Å². The van der Waals surface area contributed by atoms with Crippen molar-refractivity contribution in [2.24, 2.45) is 0 Å². The zero-order chi connectivity index (χ0) is 24.4. The fraction of sp³-hybridized carbons (Fsp3) is 0.269. The van der Waals surface area contributed by atoms with Crippen LogP contribution >= 0.6 is 11.6 Å². The smallest absolute Gasteiger partial charge is 0.263 e. The summed E-state index contributed by atoms with van der Waals surface area (Å²) in [5.41, 5.74) is 3.76. The maximum Gasteiger partial charge on any atom is 0.263 e. The monoisotopic (exact) mass is 484 g/mol. The van der Waals surface area contributed by atoms with E-state index in [2.05, 4.69) is 42.9 Å². The van der Waals surface area contributed by atoms with Crippen molar-refractivity contribution in [2.45, 2.75) is 51.0 Å². The topological polar surface area (TPSA) is 75.3 Å². The van der Waals surface area contributed by atoms with E-state index in [1.807, 2.05) is 32.0 Å². The number of hydrogen-bond donors (Lipinski definition) is 2.